The lowest BCUT2D eigenvalue weighted by Crippen LogP contribution is -2.29. The van der Waals surface area contributed by atoms with Crippen molar-refractivity contribution in [2.24, 2.45) is 0 Å². The Balaban J connectivity index is 1.95. The summed E-state index contributed by atoms with van der Waals surface area (Å²) in [4.78, 5) is 4.27. The zero-order valence-corrected chi connectivity index (χ0v) is 13.0. The third-order valence-corrected chi connectivity index (χ3v) is 5.56. The van der Waals surface area contributed by atoms with E-state index in [1.54, 1.807) is 6.20 Å². The summed E-state index contributed by atoms with van der Waals surface area (Å²) in [5.41, 5.74) is 0.887. The first kappa shape index (κ1) is 13.5. The Labute approximate surface area is 117 Å². The van der Waals surface area contributed by atoms with Crippen LogP contribution < -0.4 is 5.32 Å². The monoisotopic (exact) mass is 382 g/mol. The fraction of sp³-hybridized carbons (Fsp3) is 0.500. The van der Waals surface area contributed by atoms with Gasteiger partial charge < -0.3 is 5.32 Å². The van der Waals surface area contributed by atoms with E-state index < -0.39 is 9.84 Å². The number of aromatic nitrogens is 1. The zero-order valence-electron chi connectivity index (χ0n) is 8.99. The van der Waals surface area contributed by atoms with Crippen molar-refractivity contribution in [3.8, 4) is 0 Å². The molecule has 1 atom stereocenters. The van der Waals surface area contributed by atoms with Crippen molar-refractivity contribution in [1.29, 1.82) is 0 Å². The molecule has 4 nitrogen and oxygen atoms in total. The quantitative estimate of drug-likeness (QED) is 0.865. The van der Waals surface area contributed by atoms with Gasteiger partial charge in [0.05, 0.1) is 17.2 Å². The number of nitrogens with one attached hydrogen (secondary N) is 1. The molecule has 2 rings (SSSR count). The maximum absolute atomic E-state index is 11.3. The van der Waals surface area contributed by atoms with Gasteiger partial charge in [-0.25, -0.2) is 8.42 Å². The molecule has 2 heterocycles. The summed E-state index contributed by atoms with van der Waals surface area (Å²) in [5, 5.41) is 3.23. The van der Waals surface area contributed by atoms with Crippen LogP contribution in [0.4, 0.5) is 0 Å². The maximum atomic E-state index is 11.3. The van der Waals surface area contributed by atoms with Gasteiger partial charge in [-0.05, 0) is 44.3 Å². The van der Waals surface area contributed by atoms with Crippen molar-refractivity contribution < 1.29 is 8.42 Å². The summed E-state index contributed by atoms with van der Waals surface area (Å²) >= 11 is 6.76. The molecule has 1 aromatic rings. The lowest BCUT2D eigenvalue weighted by atomic mass is 10.2. The van der Waals surface area contributed by atoms with Crippen LogP contribution in [-0.2, 0) is 16.4 Å². The minimum Gasteiger partial charge on any atom is -0.307 e. The Kier molecular flexibility index (Phi) is 4.22. The van der Waals surface area contributed by atoms with Crippen LogP contribution in [0, 0.1) is 0 Å². The van der Waals surface area contributed by atoms with Crippen LogP contribution in [0.15, 0.2) is 21.2 Å². The third-order valence-electron chi connectivity index (χ3n) is 2.67. The molecule has 0 saturated carbocycles. The van der Waals surface area contributed by atoms with E-state index >= 15 is 0 Å². The molecular formula is C10H12Br2N2O2S. The highest BCUT2D eigenvalue weighted by Crippen LogP contribution is 2.20. The van der Waals surface area contributed by atoms with Gasteiger partial charge in [0, 0.05) is 27.7 Å². The second-order valence-corrected chi connectivity index (χ2v) is 8.06. The predicted molar refractivity (Wildman–Crippen MR) is 73.5 cm³/mol. The molecule has 7 heteroatoms. The van der Waals surface area contributed by atoms with Gasteiger partial charge in [-0.15, -0.1) is 0 Å². The van der Waals surface area contributed by atoms with Gasteiger partial charge in [0.25, 0.3) is 0 Å². The summed E-state index contributed by atoms with van der Waals surface area (Å²) in [5.74, 6) is 0.529. The van der Waals surface area contributed by atoms with E-state index in [0.29, 0.717) is 18.7 Å². The van der Waals surface area contributed by atoms with Gasteiger partial charge >= 0.3 is 0 Å². The number of halogens is 2. The Morgan fingerprint density at radius 1 is 1.47 bits per heavy atom. The Morgan fingerprint density at radius 2 is 2.24 bits per heavy atom. The van der Waals surface area contributed by atoms with Gasteiger partial charge in [0.1, 0.15) is 0 Å². The number of nitrogens with zero attached hydrogens (tertiary/aromatic N) is 1. The number of pyridine rings is 1. The molecule has 1 N–H and O–H groups in total. The van der Waals surface area contributed by atoms with Gasteiger partial charge in [-0.3, -0.25) is 4.98 Å². The minimum absolute atomic E-state index is 0.0531. The molecule has 0 aliphatic carbocycles. The van der Waals surface area contributed by atoms with E-state index in [1.807, 2.05) is 6.07 Å². The number of hydrogen-bond acceptors (Lipinski definition) is 4. The summed E-state index contributed by atoms with van der Waals surface area (Å²) in [7, 11) is -2.82. The molecule has 0 bridgehead atoms. The van der Waals surface area contributed by atoms with E-state index in [9.17, 15) is 8.42 Å². The summed E-state index contributed by atoms with van der Waals surface area (Å²) < 4.78 is 24.4. The molecule has 0 amide bonds. The molecule has 0 aromatic carbocycles. The average molecular weight is 384 g/mol. The van der Waals surface area contributed by atoms with Crippen LogP contribution in [0.25, 0.3) is 0 Å². The van der Waals surface area contributed by atoms with E-state index in [2.05, 4.69) is 42.2 Å². The Morgan fingerprint density at radius 3 is 2.82 bits per heavy atom. The standard InChI is InChI=1S/C10H12Br2N2O2S/c11-7-3-9(12)10(14-4-7)5-13-8-1-2-17(15,16)6-8/h3-4,8,13H,1-2,5-6H2. The molecule has 1 aliphatic heterocycles. The van der Waals surface area contributed by atoms with Gasteiger partial charge in [-0.2, -0.15) is 0 Å². The van der Waals surface area contributed by atoms with Gasteiger partial charge in [0.15, 0.2) is 9.84 Å². The molecule has 0 radical (unpaired) electrons. The molecule has 17 heavy (non-hydrogen) atoms. The van der Waals surface area contributed by atoms with E-state index in [-0.39, 0.29) is 11.8 Å². The van der Waals surface area contributed by atoms with Crippen molar-refractivity contribution in [3.05, 3.63) is 26.9 Å². The smallest absolute Gasteiger partial charge is 0.151 e. The average Bonchev–Trinajstić information content (AvgIpc) is 2.57. The molecule has 1 aliphatic rings. The summed E-state index contributed by atoms with van der Waals surface area (Å²) in [6.07, 6.45) is 2.42. The summed E-state index contributed by atoms with van der Waals surface area (Å²) in [6.45, 7) is 0.577. The lowest BCUT2D eigenvalue weighted by molar-refractivity contribution is 0.547. The fourth-order valence-electron chi connectivity index (χ4n) is 1.77. The van der Waals surface area contributed by atoms with Crippen molar-refractivity contribution in [2.75, 3.05) is 11.5 Å². The van der Waals surface area contributed by atoms with Crippen molar-refractivity contribution in [1.82, 2.24) is 10.3 Å². The summed E-state index contributed by atoms with van der Waals surface area (Å²) in [6, 6.07) is 1.98. The third kappa shape index (κ3) is 3.74. The molecule has 1 saturated heterocycles. The van der Waals surface area contributed by atoms with Crippen LogP contribution in [0.5, 0.6) is 0 Å². The minimum atomic E-state index is -2.82. The maximum Gasteiger partial charge on any atom is 0.151 e. The first-order valence-corrected chi connectivity index (χ1v) is 8.61. The largest absolute Gasteiger partial charge is 0.307 e. The number of hydrogen-bond donors (Lipinski definition) is 1. The molecular weight excluding hydrogens is 372 g/mol. The molecule has 0 spiro atoms. The van der Waals surface area contributed by atoms with Crippen molar-refractivity contribution in [2.45, 2.75) is 19.0 Å². The van der Waals surface area contributed by atoms with Crippen LogP contribution in [0.2, 0.25) is 0 Å². The van der Waals surface area contributed by atoms with Crippen molar-refractivity contribution in [3.63, 3.8) is 0 Å². The van der Waals surface area contributed by atoms with Gasteiger partial charge in [0.2, 0.25) is 0 Å². The SMILES string of the molecule is O=S1(=O)CCC(NCc2ncc(Br)cc2Br)C1. The van der Waals surface area contributed by atoms with Gasteiger partial charge in [-0.1, -0.05) is 0 Å². The highest BCUT2D eigenvalue weighted by Gasteiger charge is 2.27. The van der Waals surface area contributed by atoms with E-state index in [0.717, 1.165) is 14.6 Å². The number of rotatable bonds is 3. The topological polar surface area (TPSA) is 59.1 Å². The lowest BCUT2D eigenvalue weighted by Gasteiger charge is -2.11. The second-order valence-electron chi connectivity index (χ2n) is 4.06. The Bertz CT molecular complexity index is 519. The fourth-order valence-corrected chi connectivity index (χ4v) is 4.61. The van der Waals surface area contributed by atoms with Crippen LogP contribution >= 0.6 is 31.9 Å². The first-order valence-electron chi connectivity index (χ1n) is 5.20. The predicted octanol–water partition coefficient (Wildman–Crippen LogP) is 1.88. The zero-order chi connectivity index (χ0) is 12.5. The first-order chi connectivity index (χ1) is 7.96. The van der Waals surface area contributed by atoms with Crippen molar-refractivity contribution >= 4 is 41.7 Å². The van der Waals surface area contributed by atoms with Crippen LogP contribution in [0.3, 0.4) is 0 Å². The highest BCUT2D eigenvalue weighted by atomic mass is 79.9. The highest BCUT2D eigenvalue weighted by molar-refractivity contribution is 9.11. The molecule has 1 fully saturated rings. The van der Waals surface area contributed by atoms with E-state index in [1.165, 1.54) is 0 Å². The normalized spacial score (nSPS) is 22.8. The van der Waals surface area contributed by atoms with Crippen LogP contribution in [-0.4, -0.2) is 30.9 Å². The second kappa shape index (κ2) is 5.34. The molecule has 1 unspecified atom stereocenters. The molecule has 1 aromatic heterocycles. The molecule has 94 valence electrons. The Hall–Kier alpha value is 0.0200. The van der Waals surface area contributed by atoms with E-state index in [4.69, 9.17) is 0 Å². The van der Waals surface area contributed by atoms with Crippen LogP contribution in [0.1, 0.15) is 12.1 Å². The number of sulfone groups is 1.